The van der Waals surface area contributed by atoms with Gasteiger partial charge in [-0.15, -0.1) is 0 Å². The van der Waals surface area contributed by atoms with E-state index in [2.05, 4.69) is 16.7 Å². The summed E-state index contributed by atoms with van der Waals surface area (Å²) in [5.41, 5.74) is 1.87. The van der Waals surface area contributed by atoms with E-state index in [0.717, 1.165) is 17.2 Å². The number of nitriles is 1. The lowest BCUT2D eigenvalue weighted by atomic mass is 9.93. The van der Waals surface area contributed by atoms with E-state index in [1.54, 1.807) is 0 Å². The molecule has 1 aliphatic heterocycles. The highest BCUT2D eigenvalue weighted by Crippen LogP contribution is 2.33. The van der Waals surface area contributed by atoms with Gasteiger partial charge in [0.15, 0.2) is 0 Å². The first-order chi connectivity index (χ1) is 9.36. The molecule has 2 N–H and O–H groups in total. The van der Waals surface area contributed by atoms with Crippen LogP contribution < -0.4 is 10.6 Å². The molecule has 0 bridgehead atoms. The van der Waals surface area contributed by atoms with Gasteiger partial charge < -0.3 is 10.6 Å². The Kier molecular flexibility index (Phi) is 3.70. The van der Waals surface area contributed by atoms with Crippen molar-refractivity contribution in [1.29, 1.82) is 5.26 Å². The zero-order valence-electron chi connectivity index (χ0n) is 11.2. The molecule has 1 aromatic rings. The number of nitrogens with zero attached hydrogens (tertiary/aromatic N) is 1. The second-order valence-electron chi connectivity index (χ2n) is 5.74. The molecule has 100 valence electrons. The number of anilines is 1. The summed E-state index contributed by atoms with van der Waals surface area (Å²) < 4.78 is 0. The quantitative estimate of drug-likeness (QED) is 0.873. The van der Waals surface area contributed by atoms with Crippen LogP contribution in [0.3, 0.4) is 0 Å². The van der Waals surface area contributed by atoms with E-state index in [1.165, 1.54) is 38.6 Å². The Morgan fingerprint density at radius 2 is 1.95 bits per heavy atom. The Morgan fingerprint density at radius 3 is 2.63 bits per heavy atom. The highest BCUT2D eigenvalue weighted by atomic mass is 15.0. The molecule has 1 saturated carbocycles. The molecule has 1 aliphatic carbocycles. The lowest BCUT2D eigenvalue weighted by Crippen LogP contribution is -2.38. The summed E-state index contributed by atoms with van der Waals surface area (Å²) in [5.74, 6) is 0.762. The average Bonchev–Trinajstić information content (AvgIpc) is 3.10. The second kappa shape index (κ2) is 5.63. The highest BCUT2D eigenvalue weighted by molar-refractivity contribution is 5.48. The van der Waals surface area contributed by atoms with Crippen LogP contribution in [0.1, 0.15) is 37.7 Å². The van der Waals surface area contributed by atoms with Crippen LogP contribution in [0.4, 0.5) is 5.69 Å². The van der Waals surface area contributed by atoms with E-state index in [-0.39, 0.29) is 0 Å². The van der Waals surface area contributed by atoms with Crippen LogP contribution in [0, 0.1) is 17.2 Å². The van der Waals surface area contributed by atoms with Crippen molar-refractivity contribution in [1.82, 2.24) is 5.32 Å². The van der Waals surface area contributed by atoms with Crippen LogP contribution in [0.15, 0.2) is 24.3 Å². The van der Waals surface area contributed by atoms with E-state index in [4.69, 9.17) is 5.26 Å². The smallest absolute Gasteiger partial charge is 0.0991 e. The maximum Gasteiger partial charge on any atom is 0.0991 e. The Labute approximate surface area is 115 Å². The van der Waals surface area contributed by atoms with Gasteiger partial charge in [0.2, 0.25) is 0 Å². The number of hydrogen-bond acceptors (Lipinski definition) is 3. The first-order valence-electron chi connectivity index (χ1n) is 7.37. The molecule has 1 aromatic carbocycles. The van der Waals surface area contributed by atoms with Crippen molar-refractivity contribution in [3.05, 3.63) is 29.8 Å². The predicted molar refractivity (Wildman–Crippen MR) is 76.9 cm³/mol. The molecule has 2 aliphatic rings. The molecule has 3 nitrogen and oxygen atoms in total. The number of benzene rings is 1. The molecule has 19 heavy (non-hydrogen) atoms. The van der Waals surface area contributed by atoms with Gasteiger partial charge in [0.05, 0.1) is 11.6 Å². The van der Waals surface area contributed by atoms with Gasteiger partial charge in [-0.3, -0.25) is 0 Å². The molecule has 3 unspecified atom stereocenters. The minimum Gasteiger partial charge on any atom is -0.382 e. The third-order valence-corrected chi connectivity index (χ3v) is 4.55. The van der Waals surface area contributed by atoms with Crippen molar-refractivity contribution >= 4 is 5.69 Å². The van der Waals surface area contributed by atoms with Crippen LogP contribution in [0.2, 0.25) is 0 Å². The summed E-state index contributed by atoms with van der Waals surface area (Å²) in [4.78, 5) is 0. The summed E-state index contributed by atoms with van der Waals surface area (Å²) in [5, 5.41) is 16.1. The molecule has 0 spiro atoms. The summed E-state index contributed by atoms with van der Waals surface area (Å²) >= 11 is 0. The SMILES string of the molecule is N#Cc1ccc(NC2CCCC2C2CCCN2)cc1. The van der Waals surface area contributed by atoms with Crippen molar-refractivity contribution in [2.75, 3.05) is 11.9 Å². The molecule has 1 saturated heterocycles. The minimum absolute atomic E-state index is 0.587. The number of rotatable bonds is 3. The fourth-order valence-electron chi connectivity index (χ4n) is 3.58. The van der Waals surface area contributed by atoms with Gasteiger partial charge in [0.1, 0.15) is 0 Å². The molecule has 3 rings (SSSR count). The maximum absolute atomic E-state index is 8.82. The molecular weight excluding hydrogens is 234 g/mol. The second-order valence-corrected chi connectivity index (χ2v) is 5.74. The van der Waals surface area contributed by atoms with Crippen molar-refractivity contribution in [3.8, 4) is 6.07 Å². The molecule has 3 heteroatoms. The third-order valence-electron chi connectivity index (χ3n) is 4.55. The zero-order chi connectivity index (χ0) is 13.1. The molecule has 3 atom stereocenters. The van der Waals surface area contributed by atoms with Gasteiger partial charge in [-0.1, -0.05) is 6.42 Å². The van der Waals surface area contributed by atoms with Gasteiger partial charge in [0.25, 0.3) is 0 Å². The molecular formula is C16H21N3. The highest BCUT2D eigenvalue weighted by Gasteiger charge is 2.34. The first kappa shape index (κ1) is 12.5. The molecule has 1 heterocycles. The van der Waals surface area contributed by atoms with Crippen LogP contribution in [-0.4, -0.2) is 18.6 Å². The first-order valence-corrected chi connectivity index (χ1v) is 7.37. The maximum atomic E-state index is 8.82. The van der Waals surface area contributed by atoms with Crippen molar-refractivity contribution in [3.63, 3.8) is 0 Å². The summed E-state index contributed by atoms with van der Waals surface area (Å²) in [6, 6.07) is 11.3. The Morgan fingerprint density at radius 1 is 1.11 bits per heavy atom. The van der Waals surface area contributed by atoms with E-state index < -0.39 is 0 Å². The lowest BCUT2D eigenvalue weighted by molar-refractivity contribution is 0.376. The summed E-state index contributed by atoms with van der Waals surface area (Å²) in [7, 11) is 0. The normalized spacial score (nSPS) is 30.2. The topological polar surface area (TPSA) is 47.9 Å². The minimum atomic E-state index is 0.587. The van der Waals surface area contributed by atoms with Gasteiger partial charge in [-0.25, -0.2) is 0 Å². The monoisotopic (exact) mass is 255 g/mol. The van der Waals surface area contributed by atoms with Gasteiger partial charge in [-0.05, 0) is 62.4 Å². The Bertz CT molecular complexity index is 454. The fourth-order valence-corrected chi connectivity index (χ4v) is 3.58. The Hall–Kier alpha value is -1.53. The lowest BCUT2D eigenvalue weighted by Gasteiger charge is -2.27. The van der Waals surface area contributed by atoms with Crippen molar-refractivity contribution in [2.24, 2.45) is 5.92 Å². The average molecular weight is 255 g/mol. The number of hydrogen-bond donors (Lipinski definition) is 2. The van der Waals surface area contributed by atoms with E-state index in [1.807, 2.05) is 24.3 Å². The van der Waals surface area contributed by atoms with Gasteiger partial charge >= 0.3 is 0 Å². The van der Waals surface area contributed by atoms with Crippen LogP contribution in [0.25, 0.3) is 0 Å². The number of nitrogens with one attached hydrogen (secondary N) is 2. The molecule has 2 fully saturated rings. The van der Waals surface area contributed by atoms with Crippen LogP contribution in [-0.2, 0) is 0 Å². The standard InChI is InChI=1S/C16H21N3/c17-11-12-6-8-13(9-7-12)19-16-4-1-3-14(16)15-5-2-10-18-15/h6-9,14-16,18-19H,1-5,10H2. The molecule has 0 radical (unpaired) electrons. The van der Waals surface area contributed by atoms with Crippen molar-refractivity contribution in [2.45, 2.75) is 44.2 Å². The third kappa shape index (κ3) is 2.74. The zero-order valence-corrected chi connectivity index (χ0v) is 11.2. The van der Waals surface area contributed by atoms with E-state index in [9.17, 15) is 0 Å². The fraction of sp³-hybridized carbons (Fsp3) is 0.562. The largest absolute Gasteiger partial charge is 0.382 e. The predicted octanol–water partition coefficient (Wildman–Crippen LogP) is 2.89. The van der Waals surface area contributed by atoms with E-state index in [0.29, 0.717) is 12.1 Å². The van der Waals surface area contributed by atoms with Crippen molar-refractivity contribution < 1.29 is 0 Å². The van der Waals surface area contributed by atoms with E-state index >= 15 is 0 Å². The molecule has 0 amide bonds. The summed E-state index contributed by atoms with van der Waals surface area (Å²) in [6.07, 6.45) is 6.59. The van der Waals surface area contributed by atoms with Gasteiger partial charge in [-0.2, -0.15) is 5.26 Å². The Balaban J connectivity index is 1.65. The van der Waals surface area contributed by atoms with Crippen LogP contribution in [0.5, 0.6) is 0 Å². The molecule has 0 aromatic heterocycles. The van der Waals surface area contributed by atoms with Crippen LogP contribution >= 0.6 is 0 Å². The summed E-state index contributed by atoms with van der Waals surface area (Å²) in [6.45, 7) is 1.19. The van der Waals surface area contributed by atoms with Gasteiger partial charge in [0, 0.05) is 17.8 Å².